The van der Waals surface area contributed by atoms with Gasteiger partial charge >= 0.3 is 0 Å². The third-order valence-corrected chi connectivity index (χ3v) is 5.21. The standard InChI is InChI=1S/C21H18BrClN2O2/c1-2-18(21(26)25-24-13-15-8-4-6-10-17(15)23)27-19-12-11-14-7-3-5-9-16(14)20(19)22/h3-13,18H,2H2,1H3,(H,25,26)/b24-13+. The van der Waals surface area contributed by atoms with Crippen LogP contribution in [0.25, 0.3) is 10.8 Å². The van der Waals surface area contributed by atoms with Gasteiger partial charge in [-0.25, -0.2) is 5.43 Å². The molecular weight excluding hydrogens is 428 g/mol. The molecule has 1 atom stereocenters. The fraction of sp³-hybridized carbons (Fsp3) is 0.143. The first-order chi connectivity index (χ1) is 13.1. The van der Waals surface area contributed by atoms with E-state index in [0.717, 1.165) is 20.8 Å². The smallest absolute Gasteiger partial charge is 0.281 e. The molecule has 0 fully saturated rings. The van der Waals surface area contributed by atoms with E-state index in [-0.39, 0.29) is 5.91 Å². The number of ether oxygens (including phenoxy) is 1. The summed E-state index contributed by atoms with van der Waals surface area (Å²) in [6.07, 6.45) is 1.36. The first kappa shape index (κ1) is 19.4. The van der Waals surface area contributed by atoms with Gasteiger partial charge in [0.1, 0.15) is 5.75 Å². The summed E-state index contributed by atoms with van der Waals surface area (Å²) in [4.78, 5) is 12.4. The molecule has 0 heterocycles. The number of carbonyl (C=O) groups excluding carboxylic acids is 1. The van der Waals surface area contributed by atoms with Crippen molar-refractivity contribution in [1.82, 2.24) is 5.43 Å². The van der Waals surface area contributed by atoms with Crippen LogP contribution in [0.3, 0.4) is 0 Å². The third-order valence-electron chi connectivity index (χ3n) is 4.04. The molecule has 0 radical (unpaired) electrons. The van der Waals surface area contributed by atoms with E-state index in [1.54, 1.807) is 6.07 Å². The Morgan fingerprint density at radius 3 is 2.70 bits per heavy atom. The highest BCUT2D eigenvalue weighted by molar-refractivity contribution is 9.10. The molecule has 0 aliphatic carbocycles. The summed E-state index contributed by atoms with van der Waals surface area (Å²) in [5.74, 6) is 0.298. The van der Waals surface area contributed by atoms with Crippen LogP contribution < -0.4 is 10.2 Å². The van der Waals surface area contributed by atoms with Gasteiger partial charge in [0.2, 0.25) is 0 Å². The zero-order valence-corrected chi connectivity index (χ0v) is 17.0. The van der Waals surface area contributed by atoms with Crippen LogP contribution in [0.4, 0.5) is 0 Å². The maximum absolute atomic E-state index is 12.4. The molecule has 0 saturated carbocycles. The Labute approximate surface area is 171 Å². The van der Waals surface area contributed by atoms with Crippen molar-refractivity contribution in [3.05, 3.63) is 75.7 Å². The Balaban J connectivity index is 1.71. The van der Waals surface area contributed by atoms with Crippen LogP contribution in [0.1, 0.15) is 18.9 Å². The molecule has 0 aliphatic rings. The Kier molecular flexibility index (Phi) is 6.48. The number of rotatable bonds is 6. The van der Waals surface area contributed by atoms with Crippen LogP contribution in [-0.2, 0) is 4.79 Å². The van der Waals surface area contributed by atoms with Crippen LogP contribution in [0.5, 0.6) is 5.75 Å². The topological polar surface area (TPSA) is 50.7 Å². The Bertz CT molecular complexity index is 991. The number of hydrogen-bond acceptors (Lipinski definition) is 3. The largest absolute Gasteiger partial charge is 0.479 e. The Morgan fingerprint density at radius 2 is 1.93 bits per heavy atom. The number of hydrogen-bond donors (Lipinski definition) is 1. The molecule has 0 bridgehead atoms. The Hall–Kier alpha value is -2.37. The molecule has 0 aromatic heterocycles. The monoisotopic (exact) mass is 444 g/mol. The van der Waals surface area contributed by atoms with Gasteiger partial charge in [-0.3, -0.25) is 4.79 Å². The molecule has 3 rings (SSSR count). The maximum Gasteiger partial charge on any atom is 0.281 e. The van der Waals surface area contributed by atoms with Crippen molar-refractivity contribution in [2.45, 2.75) is 19.4 Å². The van der Waals surface area contributed by atoms with E-state index >= 15 is 0 Å². The quantitative estimate of drug-likeness (QED) is 0.399. The molecule has 0 saturated heterocycles. The fourth-order valence-electron chi connectivity index (χ4n) is 2.60. The van der Waals surface area contributed by atoms with Crippen LogP contribution in [0, 0.1) is 0 Å². The van der Waals surface area contributed by atoms with Crippen molar-refractivity contribution >= 4 is 50.4 Å². The second kappa shape index (κ2) is 9.02. The minimum atomic E-state index is -0.661. The van der Waals surface area contributed by atoms with Crippen LogP contribution in [-0.4, -0.2) is 18.2 Å². The maximum atomic E-state index is 12.4. The van der Waals surface area contributed by atoms with Crippen molar-refractivity contribution in [1.29, 1.82) is 0 Å². The molecule has 4 nitrogen and oxygen atoms in total. The van der Waals surface area contributed by atoms with Crippen molar-refractivity contribution in [2.24, 2.45) is 5.10 Å². The van der Waals surface area contributed by atoms with Crippen molar-refractivity contribution < 1.29 is 9.53 Å². The molecular formula is C21H18BrClN2O2. The van der Waals surface area contributed by atoms with Gasteiger partial charge in [0.25, 0.3) is 5.91 Å². The van der Waals surface area contributed by atoms with Gasteiger partial charge in [-0.05, 0) is 45.3 Å². The lowest BCUT2D eigenvalue weighted by Gasteiger charge is -2.17. The summed E-state index contributed by atoms with van der Waals surface area (Å²) in [6.45, 7) is 1.89. The van der Waals surface area contributed by atoms with Gasteiger partial charge < -0.3 is 4.74 Å². The number of nitrogens with zero attached hydrogens (tertiary/aromatic N) is 1. The fourth-order valence-corrected chi connectivity index (χ4v) is 3.37. The second-order valence-corrected chi connectivity index (χ2v) is 7.07. The molecule has 27 heavy (non-hydrogen) atoms. The van der Waals surface area contributed by atoms with E-state index in [1.807, 2.05) is 61.5 Å². The number of benzene rings is 3. The molecule has 3 aromatic rings. The second-order valence-electron chi connectivity index (χ2n) is 5.87. The molecule has 3 aromatic carbocycles. The van der Waals surface area contributed by atoms with Crippen LogP contribution in [0.2, 0.25) is 5.02 Å². The van der Waals surface area contributed by atoms with E-state index in [9.17, 15) is 4.79 Å². The average Bonchev–Trinajstić information content (AvgIpc) is 2.69. The lowest BCUT2D eigenvalue weighted by Crippen LogP contribution is -2.35. The molecule has 1 amide bonds. The van der Waals surface area contributed by atoms with Crippen molar-refractivity contribution in [3.63, 3.8) is 0 Å². The normalized spacial score (nSPS) is 12.3. The first-order valence-corrected chi connectivity index (χ1v) is 9.68. The van der Waals surface area contributed by atoms with Crippen molar-refractivity contribution in [2.75, 3.05) is 0 Å². The molecule has 1 unspecified atom stereocenters. The highest BCUT2D eigenvalue weighted by Crippen LogP contribution is 2.33. The minimum absolute atomic E-state index is 0.319. The lowest BCUT2D eigenvalue weighted by atomic mass is 10.1. The van der Waals surface area contributed by atoms with E-state index in [4.69, 9.17) is 16.3 Å². The predicted molar refractivity (Wildman–Crippen MR) is 114 cm³/mol. The first-order valence-electron chi connectivity index (χ1n) is 8.51. The SMILES string of the molecule is CCC(Oc1ccc2ccccc2c1Br)C(=O)N/N=C/c1ccccc1Cl. The molecule has 0 aliphatic heterocycles. The number of fused-ring (bicyclic) bond motifs is 1. The predicted octanol–water partition coefficient (Wildman–Crippen LogP) is 5.56. The molecule has 0 spiro atoms. The van der Waals surface area contributed by atoms with Gasteiger partial charge in [0, 0.05) is 10.6 Å². The Morgan fingerprint density at radius 1 is 1.19 bits per heavy atom. The number of carbonyl (C=O) groups is 1. The van der Waals surface area contributed by atoms with Gasteiger partial charge in [-0.1, -0.05) is 67.1 Å². The summed E-state index contributed by atoms with van der Waals surface area (Å²) >= 11 is 9.65. The number of amides is 1. The zero-order chi connectivity index (χ0) is 19.2. The summed E-state index contributed by atoms with van der Waals surface area (Å²) in [5.41, 5.74) is 3.25. The van der Waals surface area contributed by atoms with E-state index in [1.165, 1.54) is 6.21 Å². The summed E-state index contributed by atoms with van der Waals surface area (Å²) in [6, 6.07) is 19.1. The van der Waals surface area contributed by atoms with Gasteiger partial charge in [0.05, 0.1) is 10.7 Å². The molecule has 6 heteroatoms. The summed E-state index contributed by atoms with van der Waals surface area (Å²) in [7, 11) is 0. The summed E-state index contributed by atoms with van der Waals surface area (Å²) < 4.78 is 6.76. The zero-order valence-electron chi connectivity index (χ0n) is 14.7. The highest BCUT2D eigenvalue weighted by Gasteiger charge is 2.19. The van der Waals surface area contributed by atoms with Gasteiger partial charge in [-0.2, -0.15) is 5.10 Å². The number of hydrazone groups is 1. The average molecular weight is 446 g/mol. The van der Waals surface area contributed by atoms with E-state index in [2.05, 4.69) is 26.5 Å². The summed E-state index contributed by atoms with van der Waals surface area (Å²) in [5, 5.41) is 6.68. The van der Waals surface area contributed by atoms with Crippen LogP contribution >= 0.6 is 27.5 Å². The molecule has 1 N–H and O–H groups in total. The van der Waals surface area contributed by atoms with E-state index < -0.39 is 6.10 Å². The van der Waals surface area contributed by atoms with Gasteiger partial charge in [-0.15, -0.1) is 0 Å². The lowest BCUT2D eigenvalue weighted by molar-refractivity contribution is -0.128. The van der Waals surface area contributed by atoms with Crippen LogP contribution in [0.15, 0.2) is 70.2 Å². The van der Waals surface area contributed by atoms with Crippen molar-refractivity contribution in [3.8, 4) is 5.75 Å². The highest BCUT2D eigenvalue weighted by atomic mass is 79.9. The number of halogens is 2. The van der Waals surface area contributed by atoms with E-state index in [0.29, 0.717) is 17.2 Å². The van der Waals surface area contributed by atoms with Gasteiger partial charge in [0.15, 0.2) is 6.10 Å². The number of nitrogens with one attached hydrogen (secondary N) is 1. The third kappa shape index (κ3) is 4.67. The minimum Gasteiger partial charge on any atom is -0.479 e. The molecule has 138 valence electrons.